The van der Waals surface area contributed by atoms with E-state index in [-0.39, 0.29) is 12.4 Å². The number of hydrogen-bond donors (Lipinski definition) is 0. The van der Waals surface area contributed by atoms with Gasteiger partial charge in [0.25, 0.3) is 0 Å². The summed E-state index contributed by atoms with van der Waals surface area (Å²) in [6.45, 7) is 0.299. The van der Waals surface area contributed by atoms with Gasteiger partial charge < -0.3 is 9.47 Å². The van der Waals surface area contributed by atoms with Gasteiger partial charge in [0.15, 0.2) is 0 Å². The Morgan fingerprint density at radius 3 is 2.52 bits per heavy atom. The van der Waals surface area contributed by atoms with E-state index < -0.39 is 0 Å². The van der Waals surface area contributed by atoms with E-state index in [1.807, 2.05) is 24.3 Å². The van der Waals surface area contributed by atoms with Gasteiger partial charge in [-0.3, -0.25) is 4.79 Å². The maximum absolute atomic E-state index is 11.4. The molecule has 0 unspecified atom stereocenters. The Hall–Kier alpha value is -1.71. The second-order valence-corrected chi connectivity index (χ2v) is 5.23. The second-order valence-electron chi connectivity index (χ2n) is 4.39. The lowest BCUT2D eigenvalue weighted by molar-refractivity contribution is -0.139. The van der Waals surface area contributed by atoms with Gasteiger partial charge in [-0.05, 0) is 23.3 Å². The molecule has 0 aliphatic carbocycles. The number of hydrogen-bond acceptors (Lipinski definition) is 3. The third kappa shape index (κ3) is 4.38. The van der Waals surface area contributed by atoms with Crippen LogP contribution in [0, 0.1) is 0 Å². The summed E-state index contributed by atoms with van der Waals surface area (Å²) in [4.78, 5) is 11.4. The fourth-order valence-corrected chi connectivity index (χ4v) is 2.18. The molecule has 110 valence electrons. The summed E-state index contributed by atoms with van der Waals surface area (Å²) in [7, 11) is 1.37. The maximum Gasteiger partial charge on any atom is 0.309 e. The quantitative estimate of drug-likeness (QED) is 0.770. The minimum Gasteiger partial charge on any atom is -0.487 e. The summed E-state index contributed by atoms with van der Waals surface area (Å²) in [6, 6.07) is 12.6. The molecule has 2 aromatic rings. The number of methoxy groups -OCH3 is 1. The van der Waals surface area contributed by atoms with E-state index in [0.717, 1.165) is 11.1 Å². The summed E-state index contributed by atoms with van der Waals surface area (Å²) in [6.07, 6.45) is 0.208. The van der Waals surface area contributed by atoms with Gasteiger partial charge in [0.05, 0.1) is 18.6 Å². The molecule has 0 spiro atoms. The number of carbonyl (C=O) groups is 1. The normalized spacial score (nSPS) is 10.2. The average molecular weight is 325 g/mol. The summed E-state index contributed by atoms with van der Waals surface area (Å²) < 4.78 is 10.4. The Labute approximate surface area is 133 Å². The molecule has 0 aliphatic rings. The molecule has 0 saturated carbocycles. The molecule has 0 heterocycles. The van der Waals surface area contributed by atoms with Crippen LogP contribution < -0.4 is 4.74 Å². The van der Waals surface area contributed by atoms with E-state index in [1.165, 1.54) is 7.11 Å². The van der Waals surface area contributed by atoms with E-state index in [1.54, 1.807) is 18.2 Å². The van der Waals surface area contributed by atoms with Gasteiger partial charge in [-0.2, -0.15) is 0 Å². The van der Waals surface area contributed by atoms with Crippen molar-refractivity contribution in [2.75, 3.05) is 7.11 Å². The number of halogens is 2. The van der Waals surface area contributed by atoms with Crippen LogP contribution in [0.5, 0.6) is 5.75 Å². The van der Waals surface area contributed by atoms with Crippen molar-refractivity contribution in [3.8, 4) is 5.75 Å². The van der Waals surface area contributed by atoms with Crippen LogP contribution in [0.1, 0.15) is 11.1 Å². The minimum atomic E-state index is -0.289. The van der Waals surface area contributed by atoms with E-state index in [9.17, 15) is 4.79 Å². The number of benzene rings is 2. The van der Waals surface area contributed by atoms with Crippen LogP contribution >= 0.6 is 23.2 Å². The van der Waals surface area contributed by atoms with Crippen LogP contribution in [0.4, 0.5) is 0 Å². The van der Waals surface area contributed by atoms with Gasteiger partial charge in [-0.1, -0.05) is 47.5 Å². The van der Waals surface area contributed by atoms with Crippen molar-refractivity contribution in [3.63, 3.8) is 0 Å². The predicted molar refractivity (Wildman–Crippen MR) is 83.0 cm³/mol. The van der Waals surface area contributed by atoms with Crippen molar-refractivity contribution in [3.05, 3.63) is 63.6 Å². The first-order chi connectivity index (χ1) is 10.1. The monoisotopic (exact) mass is 324 g/mol. The van der Waals surface area contributed by atoms with Crippen molar-refractivity contribution in [2.24, 2.45) is 0 Å². The van der Waals surface area contributed by atoms with Gasteiger partial charge >= 0.3 is 5.97 Å². The second kappa shape index (κ2) is 7.34. The first kappa shape index (κ1) is 15.7. The van der Waals surface area contributed by atoms with Crippen LogP contribution in [0.25, 0.3) is 0 Å². The molecule has 21 heavy (non-hydrogen) atoms. The molecule has 0 amide bonds. The molecule has 3 nitrogen and oxygen atoms in total. The topological polar surface area (TPSA) is 35.5 Å². The Morgan fingerprint density at radius 1 is 1.10 bits per heavy atom. The number of ether oxygens (including phenoxy) is 2. The van der Waals surface area contributed by atoms with Crippen LogP contribution in [0.15, 0.2) is 42.5 Å². The highest BCUT2D eigenvalue weighted by atomic mass is 35.5. The summed E-state index contributed by atoms with van der Waals surface area (Å²) in [5.74, 6) is 0.222. The molecule has 0 aliphatic heterocycles. The van der Waals surface area contributed by atoms with E-state index in [4.69, 9.17) is 27.9 Å². The molecule has 2 aromatic carbocycles. The highest BCUT2D eigenvalue weighted by Gasteiger charge is 2.09. The van der Waals surface area contributed by atoms with Gasteiger partial charge in [-0.25, -0.2) is 0 Å². The number of esters is 1. The van der Waals surface area contributed by atoms with Crippen molar-refractivity contribution in [1.82, 2.24) is 0 Å². The first-order valence-electron chi connectivity index (χ1n) is 6.31. The molecule has 0 atom stereocenters. The molecule has 0 radical (unpaired) electrons. The predicted octanol–water partition coefficient (Wildman–Crippen LogP) is 4.29. The first-order valence-corrected chi connectivity index (χ1v) is 7.07. The summed E-state index contributed by atoms with van der Waals surface area (Å²) in [5.41, 5.74) is 1.77. The summed E-state index contributed by atoms with van der Waals surface area (Å²) >= 11 is 12.0. The molecular formula is C16H14Cl2O3. The lowest BCUT2D eigenvalue weighted by Crippen LogP contribution is -2.08. The zero-order chi connectivity index (χ0) is 15.2. The average Bonchev–Trinajstić information content (AvgIpc) is 2.49. The van der Waals surface area contributed by atoms with Crippen molar-refractivity contribution < 1.29 is 14.3 Å². The minimum absolute atomic E-state index is 0.208. The van der Waals surface area contributed by atoms with Crippen LogP contribution in [-0.4, -0.2) is 13.1 Å². The number of rotatable bonds is 5. The Bertz CT molecular complexity index is 641. The van der Waals surface area contributed by atoms with Crippen molar-refractivity contribution in [2.45, 2.75) is 13.0 Å². The molecule has 0 N–H and O–H groups in total. The zero-order valence-electron chi connectivity index (χ0n) is 11.4. The fraction of sp³-hybridized carbons (Fsp3) is 0.188. The third-order valence-corrected chi connectivity index (χ3v) is 3.50. The highest BCUT2D eigenvalue weighted by molar-refractivity contribution is 6.34. The Balaban J connectivity index is 2.13. The molecule has 2 rings (SSSR count). The van der Waals surface area contributed by atoms with E-state index >= 15 is 0 Å². The zero-order valence-corrected chi connectivity index (χ0v) is 12.9. The lowest BCUT2D eigenvalue weighted by Gasteiger charge is -2.11. The van der Waals surface area contributed by atoms with Crippen LogP contribution in [0.2, 0.25) is 10.0 Å². The smallest absolute Gasteiger partial charge is 0.309 e. The Kier molecular flexibility index (Phi) is 5.48. The molecule has 0 fully saturated rings. The van der Waals surface area contributed by atoms with Gasteiger partial charge in [0, 0.05) is 11.1 Å². The fourth-order valence-electron chi connectivity index (χ4n) is 1.84. The van der Waals surface area contributed by atoms with E-state index in [0.29, 0.717) is 22.4 Å². The molecular weight excluding hydrogens is 311 g/mol. The van der Waals surface area contributed by atoms with Crippen molar-refractivity contribution >= 4 is 29.2 Å². The lowest BCUT2D eigenvalue weighted by atomic mass is 10.1. The highest BCUT2D eigenvalue weighted by Crippen LogP contribution is 2.28. The van der Waals surface area contributed by atoms with Gasteiger partial charge in [-0.15, -0.1) is 0 Å². The summed E-state index contributed by atoms with van der Waals surface area (Å²) in [5, 5.41) is 1.04. The molecule has 0 saturated heterocycles. The molecule has 5 heteroatoms. The standard InChI is InChI=1S/C16H14Cl2O3/c1-20-16(19)8-11-4-2-3-5-12(11)10-21-15-9-13(17)6-7-14(15)18/h2-7,9H,8,10H2,1H3. The van der Waals surface area contributed by atoms with Crippen LogP contribution in [-0.2, 0) is 22.6 Å². The Morgan fingerprint density at radius 2 is 1.81 bits per heavy atom. The van der Waals surface area contributed by atoms with Gasteiger partial charge in [0.2, 0.25) is 0 Å². The molecule has 0 bridgehead atoms. The maximum atomic E-state index is 11.4. The van der Waals surface area contributed by atoms with Crippen LogP contribution in [0.3, 0.4) is 0 Å². The largest absolute Gasteiger partial charge is 0.487 e. The SMILES string of the molecule is COC(=O)Cc1ccccc1COc1cc(Cl)ccc1Cl. The van der Waals surface area contributed by atoms with Crippen molar-refractivity contribution in [1.29, 1.82) is 0 Å². The van der Waals surface area contributed by atoms with E-state index in [2.05, 4.69) is 4.74 Å². The molecule has 0 aromatic heterocycles. The van der Waals surface area contributed by atoms with Gasteiger partial charge in [0.1, 0.15) is 12.4 Å². The third-order valence-electron chi connectivity index (χ3n) is 2.96. The number of carbonyl (C=O) groups excluding carboxylic acids is 1.